The van der Waals surface area contributed by atoms with E-state index in [4.69, 9.17) is 21.1 Å². The molecule has 1 aliphatic heterocycles. The maximum absolute atomic E-state index is 14.4. The molecule has 0 saturated heterocycles. The van der Waals surface area contributed by atoms with Crippen LogP contribution in [0.2, 0.25) is 5.02 Å². The Kier molecular flexibility index (Phi) is 6.79. The van der Waals surface area contributed by atoms with E-state index in [1.54, 1.807) is 18.1 Å². The van der Waals surface area contributed by atoms with Crippen molar-refractivity contribution in [1.82, 2.24) is 4.98 Å². The van der Waals surface area contributed by atoms with E-state index in [-0.39, 0.29) is 40.1 Å². The van der Waals surface area contributed by atoms with Gasteiger partial charge in [-0.2, -0.15) is 9.37 Å². The number of carbonyl (C=O) groups excluding carboxylic acids is 1. The smallest absolute Gasteiger partial charge is 0.337 e. The van der Waals surface area contributed by atoms with Crippen molar-refractivity contribution in [1.29, 1.82) is 0 Å². The molecule has 0 aliphatic carbocycles. The van der Waals surface area contributed by atoms with E-state index in [1.807, 2.05) is 0 Å². The average molecular weight is 459 g/mol. The monoisotopic (exact) mass is 458 g/mol. The van der Waals surface area contributed by atoms with E-state index in [0.717, 1.165) is 0 Å². The molecule has 162 valence electrons. The van der Waals surface area contributed by atoms with Crippen LogP contribution in [0.3, 0.4) is 0 Å². The number of rotatable bonds is 7. The Morgan fingerprint density at radius 3 is 2.80 bits per heavy atom. The van der Waals surface area contributed by atoms with Crippen molar-refractivity contribution < 1.29 is 31.8 Å². The molecule has 0 fully saturated rings. The summed E-state index contributed by atoms with van der Waals surface area (Å²) in [6, 6.07) is 5.98. The van der Waals surface area contributed by atoms with Crippen molar-refractivity contribution in [3.63, 3.8) is 0 Å². The maximum atomic E-state index is 14.4. The van der Waals surface area contributed by atoms with Crippen molar-refractivity contribution in [2.24, 2.45) is 0 Å². The number of esters is 1. The molecule has 11 heteroatoms. The molecule has 30 heavy (non-hydrogen) atoms. The molecule has 3 rings (SSSR count). The van der Waals surface area contributed by atoms with Gasteiger partial charge in [-0.05, 0) is 24.6 Å². The van der Waals surface area contributed by atoms with Crippen molar-refractivity contribution >= 4 is 33.1 Å². The topological polar surface area (TPSA) is 95.0 Å². The number of pyridine rings is 1. The number of nitrogens with zero attached hydrogens (tertiary/aromatic N) is 2. The third-order valence-electron chi connectivity index (χ3n) is 4.50. The number of ether oxygens (including phenoxy) is 3. The zero-order valence-corrected chi connectivity index (χ0v) is 17.9. The van der Waals surface area contributed by atoms with Crippen molar-refractivity contribution in [2.75, 3.05) is 44.6 Å². The van der Waals surface area contributed by atoms with Crippen LogP contribution in [0.15, 0.2) is 29.2 Å². The highest BCUT2D eigenvalue weighted by Crippen LogP contribution is 2.44. The summed E-state index contributed by atoms with van der Waals surface area (Å²) in [5.41, 5.74) is 0.301. The van der Waals surface area contributed by atoms with Crippen LogP contribution in [0.25, 0.3) is 0 Å². The number of fused-ring (bicyclic) bond motifs is 1. The second kappa shape index (κ2) is 9.15. The van der Waals surface area contributed by atoms with E-state index < -0.39 is 26.8 Å². The fourth-order valence-corrected chi connectivity index (χ4v) is 5.12. The van der Waals surface area contributed by atoms with Crippen LogP contribution in [0, 0.1) is 5.95 Å². The second-order valence-corrected chi connectivity index (χ2v) is 8.90. The van der Waals surface area contributed by atoms with E-state index >= 15 is 0 Å². The zero-order valence-electron chi connectivity index (χ0n) is 16.4. The number of anilines is 1. The Morgan fingerprint density at radius 1 is 1.33 bits per heavy atom. The van der Waals surface area contributed by atoms with Crippen LogP contribution < -0.4 is 9.64 Å². The lowest BCUT2D eigenvalue weighted by atomic mass is 10.2. The SMILES string of the molecule is COCCCN1CCS(=O)(=O)c2c(Cl)c(F)nc(Oc3cccc(C(=O)OC)c3)c21. The number of benzene rings is 1. The zero-order chi connectivity index (χ0) is 21.9. The molecule has 0 N–H and O–H groups in total. The fourth-order valence-electron chi connectivity index (χ4n) is 3.10. The molecular formula is C19H20ClFN2O6S. The van der Waals surface area contributed by atoms with Gasteiger partial charge in [0.2, 0.25) is 11.8 Å². The van der Waals surface area contributed by atoms with Crippen molar-refractivity contribution in [2.45, 2.75) is 11.3 Å². The number of hydrogen-bond acceptors (Lipinski definition) is 8. The standard InChI is InChI=1S/C19H20ClFN2O6S/c1-27-9-4-7-23-8-10-30(25,26)16-14(20)17(21)22-18(15(16)23)29-13-6-3-5-12(11-13)19(24)28-2/h3,5-6,11H,4,7-10H2,1-2H3. The summed E-state index contributed by atoms with van der Waals surface area (Å²) >= 11 is 6.00. The minimum absolute atomic E-state index is 0.0900. The van der Waals surface area contributed by atoms with Crippen LogP contribution >= 0.6 is 11.6 Å². The van der Waals surface area contributed by atoms with Crippen LogP contribution in [0.1, 0.15) is 16.8 Å². The highest BCUT2D eigenvalue weighted by Gasteiger charge is 2.36. The highest BCUT2D eigenvalue weighted by molar-refractivity contribution is 7.91. The van der Waals surface area contributed by atoms with Crippen LogP contribution in [-0.2, 0) is 19.3 Å². The molecule has 1 aromatic heterocycles. The van der Waals surface area contributed by atoms with Gasteiger partial charge < -0.3 is 19.1 Å². The van der Waals surface area contributed by atoms with Gasteiger partial charge in [0.15, 0.2) is 9.84 Å². The lowest BCUT2D eigenvalue weighted by molar-refractivity contribution is 0.0600. The maximum Gasteiger partial charge on any atom is 0.337 e. The fraction of sp³-hybridized carbons (Fsp3) is 0.368. The molecule has 2 heterocycles. The molecule has 0 spiro atoms. The molecule has 0 atom stereocenters. The van der Waals surface area contributed by atoms with Gasteiger partial charge in [0.05, 0.1) is 18.4 Å². The summed E-state index contributed by atoms with van der Waals surface area (Å²) in [4.78, 5) is 16.9. The molecule has 2 aromatic rings. The summed E-state index contributed by atoms with van der Waals surface area (Å²) in [5.74, 6) is -2.05. The van der Waals surface area contributed by atoms with E-state index in [1.165, 1.54) is 25.3 Å². The molecule has 0 bridgehead atoms. The average Bonchev–Trinajstić information content (AvgIpc) is 2.72. The number of carbonyl (C=O) groups is 1. The number of hydrogen-bond donors (Lipinski definition) is 0. The van der Waals surface area contributed by atoms with E-state index in [0.29, 0.717) is 19.6 Å². The summed E-state index contributed by atoms with van der Waals surface area (Å²) in [6.45, 7) is 1.05. The lowest BCUT2D eigenvalue weighted by Gasteiger charge is -2.32. The van der Waals surface area contributed by atoms with Crippen LogP contribution in [0.4, 0.5) is 10.1 Å². The Hall–Kier alpha value is -2.43. The quantitative estimate of drug-likeness (QED) is 0.355. The van der Waals surface area contributed by atoms with Crippen LogP contribution in [-0.4, -0.2) is 59.0 Å². The van der Waals surface area contributed by atoms with Gasteiger partial charge in [-0.3, -0.25) is 0 Å². The molecule has 0 radical (unpaired) electrons. The summed E-state index contributed by atoms with van der Waals surface area (Å²) in [6.07, 6.45) is 0.599. The van der Waals surface area contributed by atoms with Gasteiger partial charge in [-0.25, -0.2) is 13.2 Å². The molecule has 1 aromatic carbocycles. The largest absolute Gasteiger partial charge is 0.465 e. The van der Waals surface area contributed by atoms with E-state index in [9.17, 15) is 17.6 Å². The summed E-state index contributed by atoms with van der Waals surface area (Å²) in [5, 5.41) is -0.572. The summed E-state index contributed by atoms with van der Waals surface area (Å²) in [7, 11) is -1.04. The van der Waals surface area contributed by atoms with Gasteiger partial charge in [-0.1, -0.05) is 17.7 Å². The van der Waals surface area contributed by atoms with Crippen molar-refractivity contribution in [3.05, 3.63) is 40.8 Å². The molecular weight excluding hydrogens is 439 g/mol. The van der Waals surface area contributed by atoms with Crippen molar-refractivity contribution in [3.8, 4) is 11.6 Å². The van der Waals surface area contributed by atoms with Gasteiger partial charge in [0.25, 0.3) is 0 Å². The molecule has 8 nitrogen and oxygen atoms in total. The first-order chi connectivity index (χ1) is 14.3. The van der Waals surface area contributed by atoms with E-state index in [2.05, 4.69) is 9.72 Å². The first kappa shape index (κ1) is 22.3. The molecule has 0 amide bonds. The minimum Gasteiger partial charge on any atom is -0.465 e. The van der Waals surface area contributed by atoms with Gasteiger partial charge in [0.1, 0.15) is 21.4 Å². The predicted octanol–water partition coefficient (Wildman–Crippen LogP) is 3.08. The second-order valence-electron chi connectivity index (χ2n) is 6.47. The predicted molar refractivity (Wildman–Crippen MR) is 108 cm³/mol. The Labute approximate surface area is 178 Å². The minimum atomic E-state index is -3.84. The highest BCUT2D eigenvalue weighted by atomic mass is 35.5. The van der Waals surface area contributed by atoms with Gasteiger partial charge in [0, 0.05) is 26.8 Å². The first-order valence-electron chi connectivity index (χ1n) is 9.00. The third-order valence-corrected chi connectivity index (χ3v) is 6.70. The van der Waals surface area contributed by atoms with Crippen LogP contribution in [0.5, 0.6) is 11.6 Å². The Morgan fingerprint density at radius 2 is 2.10 bits per heavy atom. The lowest BCUT2D eigenvalue weighted by Crippen LogP contribution is -2.37. The molecule has 0 saturated carbocycles. The normalized spacial score (nSPS) is 14.9. The van der Waals surface area contributed by atoms with Gasteiger partial charge >= 0.3 is 5.97 Å². The Balaban J connectivity index is 2.09. The number of sulfone groups is 1. The number of methoxy groups -OCH3 is 2. The first-order valence-corrected chi connectivity index (χ1v) is 11.0. The number of halogens is 2. The molecule has 0 unspecified atom stereocenters. The summed E-state index contributed by atoms with van der Waals surface area (Å²) < 4.78 is 55.2. The Bertz CT molecular complexity index is 1060. The van der Waals surface area contributed by atoms with Gasteiger partial charge in [-0.15, -0.1) is 0 Å². The number of aromatic nitrogens is 1. The third kappa shape index (κ3) is 4.50. The molecule has 1 aliphatic rings.